The lowest BCUT2D eigenvalue weighted by Gasteiger charge is -2.21. The van der Waals surface area contributed by atoms with Crippen molar-refractivity contribution in [1.29, 1.82) is 0 Å². The predicted octanol–water partition coefficient (Wildman–Crippen LogP) is 2.60. The number of hydrogen-bond acceptors (Lipinski definition) is 5. The van der Waals surface area contributed by atoms with Gasteiger partial charge in [-0.3, -0.25) is 0 Å². The lowest BCUT2D eigenvalue weighted by Crippen LogP contribution is -2.34. The maximum Gasteiger partial charge on any atom is 0.407 e. The number of alkyl halides is 2. The Kier molecular flexibility index (Phi) is 7.37. The summed E-state index contributed by atoms with van der Waals surface area (Å²) in [5.74, 6) is -0.0398. The molecule has 6 nitrogen and oxygen atoms in total. The third-order valence-corrected chi connectivity index (χ3v) is 2.92. The van der Waals surface area contributed by atoms with E-state index in [1.807, 2.05) is 0 Å². The quantitative estimate of drug-likeness (QED) is 0.706. The van der Waals surface area contributed by atoms with Crippen LogP contribution >= 0.6 is 0 Å². The Bertz CT molecular complexity index is 516. The van der Waals surface area contributed by atoms with E-state index in [9.17, 15) is 23.8 Å². The summed E-state index contributed by atoms with van der Waals surface area (Å²) in [5, 5.41) is 22.4. The molecule has 1 amide bonds. The van der Waals surface area contributed by atoms with Gasteiger partial charge in [0, 0.05) is 6.54 Å². The number of rotatable bonds is 7. The number of hydrogen-bond donors (Lipinski definition) is 3. The first-order chi connectivity index (χ1) is 11.1. The Balaban J connectivity index is 2.44. The predicted molar refractivity (Wildman–Crippen MR) is 82.9 cm³/mol. The first kappa shape index (κ1) is 20.1. The molecule has 0 aromatic heterocycles. The number of carbonyl (C=O) groups excluding carboxylic acids is 1. The molecule has 0 heterocycles. The lowest BCUT2D eigenvalue weighted by atomic mass is 10.0. The van der Waals surface area contributed by atoms with Gasteiger partial charge in [-0.1, -0.05) is 12.1 Å². The number of nitrogens with one attached hydrogen (secondary N) is 1. The fraction of sp³-hybridized carbons (Fsp3) is 0.562. The second-order valence-electron chi connectivity index (χ2n) is 6.18. The molecule has 136 valence electrons. The standard InChI is InChI=1S/C16H23F2NO5/c1-16(2,3)24-15(22)19-9-8-12(20)13(21)10-4-6-11(7-5-10)23-14(17)18/h4-7,12-14,20-21H,8-9H2,1-3H3,(H,19,22). The van der Waals surface area contributed by atoms with E-state index in [2.05, 4.69) is 10.1 Å². The van der Waals surface area contributed by atoms with E-state index < -0.39 is 30.5 Å². The molecule has 0 aliphatic heterocycles. The van der Waals surface area contributed by atoms with Crippen molar-refractivity contribution in [2.24, 2.45) is 0 Å². The largest absolute Gasteiger partial charge is 0.444 e. The number of ether oxygens (including phenoxy) is 2. The van der Waals surface area contributed by atoms with Crippen LogP contribution in [0.5, 0.6) is 5.75 Å². The Hall–Kier alpha value is -1.93. The van der Waals surface area contributed by atoms with Gasteiger partial charge >= 0.3 is 12.7 Å². The summed E-state index contributed by atoms with van der Waals surface area (Å²) in [5.41, 5.74) is -0.272. The maximum absolute atomic E-state index is 12.1. The fourth-order valence-corrected chi connectivity index (χ4v) is 1.86. The highest BCUT2D eigenvalue weighted by molar-refractivity contribution is 5.67. The van der Waals surface area contributed by atoms with E-state index in [-0.39, 0.29) is 18.7 Å². The van der Waals surface area contributed by atoms with Crippen molar-refractivity contribution in [2.75, 3.05) is 6.54 Å². The van der Waals surface area contributed by atoms with Gasteiger partial charge in [0.2, 0.25) is 0 Å². The minimum Gasteiger partial charge on any atom is -0.444 e. The normalized spacial score (nSPS) is 14.2. The van der Waals surface area contributed by atoms with Crippen molar-refractivity contribution in [3.8, 4) is 5.75 Å². The molecule has 24 heavy (non-hydrogen) atoms. The molecule has 0 saturated carbocycles. The molecule has 0 aliphatic rings. The summed E-state index contributed by atoms with van der Waals surface area (Å²) in [6.07, 6.45) is -2.87. The summed E-state index contributed by atoms with van der Waals surface area (Å²) in [6.45, 7) is 2.37. The SMILES string of the molecule is CC(C)(C)OC(=O)NCCC(O)C(O)c1ccc(OC(F)F)cc1. The van der Waals surface area contributed by atoms with Gasteiger partial charge in [-0.2, -0.15) is 8.78 Å². The summed E-state index contributed by atoms with van der Waals surface area (Å²) >= 11 is 0. The number of aliphatic hydroxyl groups is 2. The third kappa shape index (κ3) is 7.56. The Morgan fingerprint density at radius 1 is 1.21 bits per heavy atom. The Morgan fingerprint density at radius 2 is 1.79 bits per heavy atom. The van der Waals surface area contributed by atoms with Crippen LogP contribution in [-0.4, -0.2) is 41.2 Å². The molecule has 1 rings (SSSR count). The molecular weight excluding hydrogens is 324 g/mol. The number of carbonyl (C=O) groups is 1. The van der Waals surface area contributed by atoms with Crippen molar-refractivity contribution in [3.05, 3.63) is 29.8 Å². The molecule has 1 aromatic carbocycles. The van der Waals surface area contributed by atoms with E-state index in [0.29, 0.717) is 5.56 Å². The third-order valence-electron chi connectivity index (χ3n) is 2.92. The van der Waals surface area contributed by atoms with Crippen LogP contribution < -0.4 is 10.1 Å². The van der Waals surface area contributed by atoms with Crippen LogP contribution in [0, 0.1) is 0 Å². The minimum atomic E-state index is -2.93. The molecule has 8 heteroatoms. The van der Waals surface area contributed by atoms with Gasteiger partial charge in [-0.05, 0) is 44.9 Å². The number of alkyl carbamates (subject to hydrolysis) is 1. The second kappa shape index (κ2) is 8.79. The summed E-state index contributed by atoms with van der Waals surface area (Å²) in [4.78, 5) is 11.5. The highest BCUT2D eigenvalue weighted by Crippen LogP contribution is 2.22. The van der Waals surface area contributed by atoms with E-state index in [1.54, 1.807) is 20.8 Å². The van der Waals surface area contributed by atoms with Crippen molar-refractivity contribution in [3.63, 3.8) is 0 Å². The van der Waals surface area contributed by atoms with Crippen LogP contribution in [0.3, 0.4) is 0 Å². The zero-order chi connectivity index (χ0) is 18.3. The van der Waals surface area contributed by atoms with Crippen LogP contribution in [0.4, 0.5) is 13.6 Å². The molecular formula is C16H23F2NO5. The number of aliphatic hydroxyl groups excluding tert-OH is 2. The zero-order valence-electron chi connectivity index (χ0n) is 13.8. The first-order valence-electron chi connectivity index (χ1n) is 7.46. The van der Waals surface area contributed by atoms with E-state index in [0.717, 1.165) is 0 Å². The second-order valence-corrected chi connectivity index (χ2v) is 6.18. The summed E-state index contributed by atoms with van der Waals surface area (Å²) in [7, 11) is 0. The van der Waals surface area contributed by atoms with Gasteiger partial charge in [0.1, 0.15) is 17.5 Å². The number of halogens is 2. The van der Waals surface area contributed by atoms with Crippen molar-refractivity contribution in [1.82, 2.24) is 5.32 Å². The smallest absolute Gasteiger partial charge is 0.407 e. The Labute approximate surface area is 139 Å². The average Bonchev–Trinajstić information content (AvgIpc) is 2.44. The molecule has 0 bridgehead atoms. The van der Waals surface area contributed by atoms with E-state index >= 15 is 0 Å². The fourth-order valence-electron chi connectivity index (χ4n) is 1.86. The van der Waals surface area contributed by atoms with E-state index in [1.165, 1.54) is 24.3 Å². The molecule has 0 fully saturated rings. The van der Waals surface area contributed by atoms with Crippen molar-refractivity contribution >= 4 is 6.09 Å². The highest BCUT2D eigenvalue weighted by Gasteiger charge is 2.20. The van der Waals surface area contributed by atoms with Gasteiger partial charge in [0.25, 0.3) is 0 Å². The molecule has 2 unspecified atom stereocenters. The molecule has 0 spiro atoms. The van der Waals surface area contributed by atoms with Crippen LogP contribution in [-0.2, 0) is 4.74 Å². The summed E-state index contributed by atoms with van der Waals surface area (Å²) < 4.78 is 33.4. The molecule has 1 aromatic rings. The van der Waals surface area contributed by atoms with Gasteiger partial charge in [-0.25, -0.2) is 4.79 Å². The summed E-state index contributed by atoms with van der Waals surface area (Å²) in [6, 6.07) is 5.31. The zero-order valence-corrected chi connectivity index (χ0v) is 13.8. The molecule has 0 aliphatic carbocycles. The monoisotopic (exact) mass is 347 g/mol. The van der Waals surface area contributed by atoms with Gasteiger partial charge in [0.05, 0.1) is 6.10 Å². The lowest BCUT2D eigenvalue weighted by molar-refractivity contribution is -0.0499. The van der Waals surface area contributed by atoms with Gasteiger partial charge < -0.3 is 25.0 Å². The molecule has 3 N–H and O–H groups in total. The number of amides is 1. The van der Waals surface area contributed by atoms with Crippen LogP contribution in [0.25, 0.3) is 0 Å². The Morgan fingerprint density at radius 3 is 2.29 bits per heavy atom. The molecule has 0 saturated heterocycles. The van der Waals surface area contributed by atoms with Crippen LogP contribution in [0.1, 0.15) is 38.9 Å². The number of benzene rings is 1. The first-order valence-corrected chi connectivity index (χ1v) is 7.46. The van der Waals surface area contributed by atoms with Crippen LogP contribution in [0.15, 0.2) is 24.3 Å². The molecule has 2 atom stereocenters. The van der Waals surface area contributed by atoms with Crippen molar-refractivity contribution < 1.29 is 33.3 Å². The maximum atomic E-state index is 12.1. The van der Waals surface area contributed by atoms with Crippen molar-refractivity contribution in [2.45, 2.75) is 51.6 Å². The highest BCUT2D eigenvalue weighted by atomic mass is 19.3. The minimum absolute atomic E-state index is 0.0398. The topological polar surface area (TPSA) is 88.0 Å². The van der Waals surface area contributed by atoms with Gasteiger partial charge in [0.15, 0.2) is 0 Å². The van der Waals surface area contributed by atoms with Crippen LogP contribution in [0.2, 0.25) is 0 Å². The van der Waals surface area contributed by atoms with E-state index in [4.69, 9.17) is 4.74 Å². The van der Waals surface area contributed by atoms with Gasteiger partial charge in [-0.15, -0.1) is 0 Å². The average molecular weight is 347 g/mol. The molecule has 0 radical (unpaired) electrons.